The van der Waals surface area contributed by atoms with Crippen LogP contribution >= 0.6 is 11.6 Å². The highest BCUT2D eigenvalue weighted by Gasteiger charge is 2.15. The van der Waals surface area contributed by atoms with Crippen molar-refractivity contribution in [3.8, 4) is 0 Å². The van der Waals surface area contributed by atoms with Crippen LogP contribution in [0, 0.1) is 5.82 Å². The number of rotatable bonds is 5. The summed E-state index contributed by atoms with van der Waals surface area (Å²) in [5, 5.41) is 7.12. The number of hydrogen-bond acceptors (Lipinski definition) is 3. The number of morpholine rings is 1. The number of nitrogens with zero attached hydrogens (tertiary/aromatic N) is 2. The van der Waals surface area contributed by atoms with Crippen molar-refractivity contribution in [1.82, 2.24) is 10.6 Å². The summed E-state index contributed by atoms with van der Waals surface area (Å²) in [5.74, 6) is 0.419. The van der Waals surface area contributed by atoms with Gasteiger partial charge in [-0.3, -0.25) is 4.99 Å². The molecular formula is C20H24ClFN4O. The van der Waals surface area contributed by atoms with Gasteiger partial charge in [0.1, 0.15) is 5.82 Å². The summed E-state index contributed by atoms with van der Waals surface area (Å²) < 4.78 is 19.8. The van der Waals surface area contributed by atoms with E-state index in [1.54, 1.807) is 13.1 Å². The first-order valence-electron chi connectivity index (χ1n) is 8.96. The number of guanidine groups is 1. The molecule has 1 aliphatic rings. The van der Waals surface area contributed by atoms with E-state index in [-0.39, 0.29) is 5.82 Å². The Morgan fingerprint density at radius 2 is 1.89 bits per heavy atom. The third-order valence-electron chi connectivity index (χ3n) is 4.45. The number of anilines is 1. The summed E-state index contributed by atoms with van der Waals surface area (Å²) in [6, 6.07) is 13.0. The zero-order valence-electron chi connectivity index (χ0n) is 15.3. The molecule has 27 heavy (non-hydrogen) atoms. The molecule has 1 fully saturated rings. The van der Waals surface area contributed by atoms with Crippen molar-refractivity contribution in [3.05, 3.63) is 64.4 Å². The summed E-state index contributed by atoms with van der Waals surface area (Å²) >= 11 is 6.17. The number of halogens is 2. The van der Waals surface area contributed by atoms with E-state index in [9.17, 15) is 4.39 Å². The molecule has 1 heterocycles. The molecule has 5 nitrogen and oxygen atoms in total. The highest BCUT2D eigenvalue weighted by Crippen LogP contribution is 2.21. The highest BCUT2D eigenvalue weighted by molar-refractivity contribution is 6.31. The number of hydrogen-bond donors (Lipinski definition) is 2. The second-order valence-corrected chi connectivity index (χ2v) is 6.66. The van der Waals surface area contributed by atoms with E-state index >= 15 is 0 Å². The molecule has 0 unspecified atom stereocenters. The van der Waals surface area contributed by atoms with E-state index < -0.39 is 0 Å². The van der Waals surface area contributed by atoms with Gasteiger partial charge < -0.3 is 20.3 Å². The van der Waals surface area contributed by atoms with Gasteiger partial charge in [-0.15, -0.1) is 0 Å². The SMILES string of the molecule is CN=C(NCc1ccc(N2CCOCC2)c(F)c1)NCc1ccccc1Cl. The lowest BCUT2D eigenvalue weighted by molar-refractivity contribution is 0.122. The molecule has 0 aromatic heterocycles. The number of ether oxygens (including phenoxy) is 1. The Hall–Kier alpha value is -2.31. The average molecular weight is 391 g/mol. The summed E-state index contributed by atoms with van der Waals surface area (Å²) in [5.41, 5.74) is 2.47. The lowest BCUT2D eigenvalue weighted by Gasteiger charge is -2.29. The lowest BCUT2D eigenvalue weighted by atomic mass is 10.1. The quantitative estimate of drug-likeness (QED) is 0.608. The summed E-state index contributed by atoms with van der Waals surface area (Å²) in [7, 11) is 1.70. The van der Waals surface area contributed by atoms with Crippen molar-refractivity contribution in [2.24, 2.45) is 4.99 Å². The first-order valence-corrected chi connectivity index (χ1v) is 9.34. The van der Waals surface area contributed by atoms with E-state index in [0.717, 1.165) is 11.1 Å². The van der Waals surface area contributed by atoms with Gasteiger partial charge in [0.15, 0.2) is 5.96 Å². The van der Waals surface area contributed by atoms with Gasteiger partial charge in [0.2, 0.25) is 0 Å². The molecule has 0 radical (unpaired) electrons. The van der Waals surface area contributed by atoms with Crippen LogP contribution < -0.4 is 15.5 Å². The third-order valence-corrected chi connectivity index (χ3v) is 4.82. The minimum absolute atomic E-state index is 0.213. The predicted molar refractivity (Wildman–Crippen MR) is 108 cm³/mol. The molecule has 0 spiro atoms. The van der Waals surface area contributed by atoms with Crippen LogP contribution in [0.3, 0.4) is 0 Å². The smallest absolute Gasteiger partial charge is 0.191 e. The molecule has 1 aliphatic heterocycles. The topological polar surface area (TPSA) is 48.9 Å². The normalized spacial score (nSPS) is 14.9. The second kappa shape index (κ2) is 9.58. The maximum atomic E-state index is 14.5. The van der Waals surface area contributed by atoms with E-state index in [1.165, 1.54) is 0 Å². The van der Waals surface area contributed by atoms with Crippen LogP contribution in [0.4, 0.5) is 10.1 Å². The van der Waals surface area contributed by atoms with Crippen LogP contribution in [0.25, 0.3) is 0 Å². The van der Waals surface area contributed by atoms with Gasteiger partial charge in [-0.1, -0.05) is 35.9 Å². The zero-order valence-corrected chi connectivity index (χ0v) is 16.1. The van der Waals surface area contributed by atoms with Crippen molar-refractivity contribution in [2.45, 2.75) is 13.1 Å². The minimum atomic E-state index is -0.213. The average Bonchev–Trinajstić information content (AvgIpc) is 2.70. The standard InChI is InChI=1S/C20H24ClFN4O/c1-23-20(25-14-16-4-2-3-5-17(16)21)24-13-15-6-7-19(18(22)12-15)26-8-10-27-11-9-26/h2-7,12H,8-11,13-14H2,1H3,(H2,23,24,25). The minimum Gasteiger partial charge on any atom is -0.378 e. The van der Waals surface area contributed by atoms with Gasteiger partial charge in [-0.2, -0.15) is 0 Å². The van der Waals surface area contributed by atoms with Crippen LogP contribution in [-0.2, 0) is 17.8 Å². The van der Waals surface area contributed by atoms with E-state index in [0.29, 0.717) is 56.1 Å². The van der Waals surface area contributed by atoms with Crippen LogP contribution in [0.1, 0.15) is 11.1 Å². The van der Waals surface area contributed by atoms with Crippen LogP contribution in [0.15, 0.2) is 47.5 Å². The fourth-order valence-electron chi connectivity index (χ4n) is 2.95. The number of benzene rings is 2. The molecule has 0 bridgehead atoms. The van der Waals surface area contributed by atoms with Gasteiger partial charge >= 0.3 is 0 Å². The van der Waals surface area contributed by atoms with Crippen molar-refractivity contribution in [1.29, 1.82) is 0 Å². The molecule has 2 aromatic carbocycles. The molecule has 0 atom stereocenters. The zero-order chi connectivity index (χ0) is 19.1. The fraction of sp³-hybridized carbons (Fsp3) is 0.350. The van der Waals surface area contributed by atoms with Crippen molar-refractivity contribution in [3.63, 3.8) is 0 Å². The Morgan fingerprint density at radius 3 is 2.59 bits per heavy atom. The molecule has 0 aliphatic carbocycles. The van der Waals surface area contributed by atoms with Crippen LogP contribution in [0.2, 0.25) is 5.02 Å². The lowest BCUT2D eigenvalue weighted by Crippen LogP contribution is -2.37. The Labute approximate surface area is 164 Å². The van der Waals surface area contributed by atoms with Crippen molar-refractivity contribution >= 4 is 23.2 Å². The van der Waals surface area contributed by atoms with E-state index in [4.69, 9.17) is 16.3 Å². The highest BCUT2D eigenvalue weighted by atomic mass is 35.5. The third kappa shape index (κ3) is 5.34. The van der Waals surface area contributed by atoms with Crippen LogP contribution in [-0.4, -0.2) is 39.3 Å². The van der Waals surface area contributed by atoms with Crippen molar-refractivity contribution in [2.75, 3.05) is 38.3 Å². The molecule has 2 N–H and O–H groups in total. The Kier molecular flexibility index (Phi) is 6.90. The van der Waals surface area contributed by atoms with E-state index in [2.05, 4.69) is 15.6 Å². The van der Waals surface area contributed by atoms with Gasteiger partial charge in [0.25, 0.3) is 0 Å². The Bertz CT molecular complexity index is 793. The van der Waals surface area contributed by atoms with Gasteiger partial charge in [0.05, 0.1) is 18.9 Å². The molecule has 7 heteroatoms. The first kappa shape index (κ1) is 19.5. The van der Waals surface area contributed by atoms with E-state index in [1.807, 2.05) is 41.3 Å². The summed E-state index contributed by atoms with van der Waals surface area (Å²) in [6.45, 7) is 3.73. The maximum absolute atomic E-state index is 14.5. The molecule has 1 saturated heterocycles. The molecule has 3 rings (SSSR count). The van der Waals surface area contributed by atoms with Crippen LogP contribution in [0.5, 0.6) is 0 Å². The molecule has 0 amide bonds. The molecule has 144 valence electrons. The van der Waals surface area contributed by atoms with Gasteiger partial charge in [-0.25, -0.2) is 4.39 Å². The predicted octanol–water partition coefficient (Wildman–Crippen LogP) is 3.18. The van der Waals surface area contributed by atoms with Gasteiger partial charge in [0, 0.05) is 38.2 Å². The largest absolute Gasteiger partial charge is 0.378 e. The van der Waals surface area contributed by atoms with Gasteiger partial charge in [-0.05, 0) is 29.3 Å². The van der Waals surface area contributed by atoms with Crippen molar-refractivity contribution < 1.29 is 9.13 Å². The fourth-order valence-corrected chi connectivity index (χ4v) is 3.15. The Morgan fingerprint density at radius 1 is 1.15 bits per heavy atom. The monoisotopic (exact) mass is 390 g/mol. The second-order valence-electron chi connectivity index (χ2n) is 6.26. The number of aliphatic imine (C=N–C) groups is 1. The first-order chi connectivity index (χ1) is 13.2. The Balaban J connectivity index is 1.55. The number of nitrogens with one attached hydrogen (secondary N) is 2. The molecular weight excluding hydrogens is 367 g/mol. The summed E-state index contributed by atoms with van der Waals surface area (Å²) in [4.78, 5) is 6.21. The molecule has 2 aromatic rings. The molecule has 0 saturated carbocycles. The summed E-state index contributed by atoms with van der Waals surface area (Å²) in [6.07, 6.45) is 0. The maximum Gasteiger partial charge on any atom is 0.191 e.